The molecule has 2 aromatic rings. The molecule has 134 valence electrons. The van der Waals surface area contributed by atoms with Crippen molar-refractivity contribution in [3.05, 3.63) is 63.1 Å². The van der Waals surface area contributed by atoms with Gasteiger partial charge in [-0.05, 0) is 42.7 Å². The highest BCUT2D eigenvalue weighted by atomic mass is 16.5. The second-order valence-electron chi connectivity index (χ2n) is 5.57. The van der Waals surface area contributed by atoms with Gasteiger partial charge in [0.15, 0.2) is 0 Å². The number of aliphatic carboxylic acids is 1. The lowest BCUT2D eigenvalue weighted by Crippen LogP contribution is -2.31. The second-order valence-corrected chi connectivity index (χ2v) is 5.57. The highest BCUT2D eigenvalue weighted by molar-refractivity contribution is 5.85. The van der Waals surface area contributed by atoms with Gasteiger partial charge in [0.05, 0.1) is 18.7 Å². The van der Waals surface area contributed by atoms with E-state index in [1.807, 2.05) is 6.07 Å². The van der Waals surface area contributed by atoms with Gasteiger partial charge in [0.25, 0.3) is 5.56 Å². The van der Waals surface area contributed by atoms with E-state index in [0.717, 1.165) is 10.1 Å². The van der Waals surface area contributed by atoms with Crippen LogP contribution in [-0.2, 0) is 22.5 Å². The first-order valence-electron chi connectivity index (χ1n) is 7.64. The number of pyridine rings is 1. The summed E-state index contributed by atoms with van der Waals surface area (Å²) in [6, 6.07) is 10.5. The number of hydrogen-bond donors (Lipinski definition) is 2. The predicted molar refractivity (Wildman–Crippen MR) is 93.1 cm³/mol. The number of carbonyl (C=O) groups is 2. The molecule has 0 atom stereocenters. The Labute approximate surface area is 149 Å². The van der Waals surface area contributed by atoms with Gasteiger partial charge in [-0.15, -0.1) is 0 Å². The van der Waals surface area contributed by atoms with Gasteiger partial charge in [0.1, 0.15) is 12.2 Å². The second kappa shape index (κ2) is 7.98. The Hall–Kier alpha value is -3.60. The number of aromatic nitrogens is 1. The summed E-state index contributed by atoms with van der Waals surface area (Å²) < 4.78 is 5.61. The Balaban J connectivity index is 2.51. The molecular formula is C18H17N3O5. The van der Waals surface area contributed by atoms with Crippen molar-refractivity contribution >= 4 is 17.7 Å². The minimum atomic E-state index is -1.17. The van der Waals surface area contributed by atoms with Crippen molar-refractivity contribution in [3.63, 3.8) is 0 Å². The summed E-state index contributed by atoms with van der Waals surface area (Å²) in [6.07, 6.45) is -0.511. The average molecular weight is 355 g/mol. The van der Waals surface area contributed by atoms with Crippen LogP contribution in [0.25, 0.3) is 0 Å². The summed E-state index contributed by atoms with van der Waals surface area (Å²) in [5.74, 6) is -1.17. The van der Waals surface area contributed by atoms with E-state index in [0.29, 0.717) is 23.2 Å². The van der Waals surface area contributed by atoms with Crippen LogP contribution in [0.15, 0.2) is 35.1 Å². The minimum Gasteiger partial charge on any atom is -0.480 e. The Morgan fingerprint density at radius 1 is 1.31 bits per heavy atom. The molecule has 0 radical (unpaired) electrons. The number of carboxylic acid groups (broad SMARTS) is 1. The predicted octanol–water partition coefficient (Wildman–Crippen LogP) is 1.88. The van der Waals surface area contributed by atoms with E-state index in [9.17, 15) is 14.4 Å². The lowest BCUT2D eigenvalue weighted by atomic mass is 10.0. The molecule has 0 unspecified atom stereocenters. The van der Waals surface area contributed by atoms with Crippen LogP contribution in [0.1, 0.15) is 22.4 Å². The smallest absolute Gasteiger partial charge is 0.411 e. The van der Waals surface area contributed by atoms with Gasteiger partial charge in [-0.1, -0.05) is 12.1 Å². The number of methoxy groups -OCH3 is 1. The fourth-order valence-corrected chi connectivity index (χ4v) is 2.51. The molecule has 8 heteroatoms. The van der Waals surface area contributed by atoms with Crippen LogP contribution in [0.5, 0.6) is 0 Å². The maximum absolute atomic E-state index is 12.7. The number of benzene rings is 1. The number of carboxylic acids is 1. The average Bonchev–Trinajstić information content (AvgIpc) is 2.62. The molecule has 1 amide bonds. The van der Waals surface area contributed by atoms with Crippen LogP contribution in [0, 0.1) is 18.3 Å². The van der Waals surface area contributed by atoms with Crippen molar-refractivity contribution in [2.24, 2.45) is 0 Å². The summed E-state index contributed by atoms with van der Waals surface area (Å²) in [4.78, 5) is 35.3. The number of ether oxygens (including phenoxy) is 1. The van der Waals surface area contributed by atoms with Crippen LogP contribution in [-0.4, -0.2) is 28.8 Å². The van der Waals surface area contributed by atoms with Gasteiger partial charge in [0.2, 0.25) is 0 Å². The third-order valence-electron chi connectivity index (χ3n) is 3.77. The number of aryl methyl sites for hydroxylation is 1. The zero-order valence-corrected chi connectivity index (χ0v) is 14.3. The molecule has 2 N–H and O–H groups in total. The zero-order chi connectivity index (χ0) is 19.3. The molecule has 1 aromatic carbocycles. The number of nitriles is 1. The minimum absolute atomic E-state index is 0.0342. The fourth-order valence-electron chi connectivity index (χ4n) is 2.51. The first-order chi connectivity index (χ1) is 12.3. The van der Waals surface area contributed by atoms with Gasteiger partial charge in [-0.2, -0.15) is 5.26 Å². The molecule has 0 saturated carbocycles. The van der Waals surface area contributed by atoms with Gasteiger partial charge < -0.3 is 9.84 Å². The van der Waals surface area contributed by atoms with Crippen molar-refractivity contribution in [3.8, 4) is 6.07 Å². The third kappa shape index (κ3) is 4.27. The zero-order valence-electron chi connectivity index (χ0n) is 14.3. The Kier molecular flexibility index (Phi) is 5.75. The van der Waals surface area contributed by atoms with Gasteiger partial charge in [0, 0.05) is 5.69 Å². The van der Waals surface area contributed by atoms with Crippen LogP contribution in [0.2, 0.25) is 0 Å². The summed E-state index contributed by atoms with van der Waals surface area (Å²) >= 11 is 0. The first-order valence-corrected chi connectivity index (χ1v) is 7.64. The molecule has 0 fully saturated rings. The highest BCUT2D eigenvalue weighted by Gasteiger charge is 2.17. The molecule has 1 heterocycles. The number of rotatable bonds is 5. The summed E-state index contributed by atoms with van der Waals surface area (Å²) in [5.41, 5.74) is 1.65. The number of carbonyl (C=O) groups excluding carboxylic acids is 1. The maximum atomic E-state index is 12.7. The van der Waals surface area contributed by atoms with Crippen LogP contribution in [0.3, 0.4) is 0 Å². The Morgan fingerprint density at radius 2 is 1.96 bits per heavy atom. The SMILES string of the molecule is COC(=O)Nc1c(Cc2ccc(C#N)cc2)cc(C)n(CC(=O)O)c1=O. The quantitative estimate of drug-likeness (QED) is 0.844. The van der Waals surface area contributed by atoms with Crippen molar-refractivity contribution < 1.29 is 19.4 Å². The fraction of sp³-hybridized carbons (Fsp3) is 0.222. The Bertz CT molecular complexity index is 939. The molecule has 26 heavy (non-hydrogen) atoms. The molecule has 0 saturated heterocycles. The summed E-state index contributed by atoms with van der Waals surface area (Å²) in [5, 5.41) is 20.2. The molecule has 8 nitrogen and oxygen atoms in total. The van der Waals surface area contributed by atoms with Gasteiger partial charge in [-0.25, -0.2) is 4.79 Å². The van der Waals surface area contributed by atoms with Crippen LogP contribution < -0.4 is 10.9 Å². The number of anilines is 1. The molecule has 1 aromatic heterocycles. The number of nitrogens with zero attached hydrogens (tertiary/aromatic N) is 2. The van der Waals surface area contributed by atoms with E-state index in [1.54, 1.807) is 37.3 Å². The first kappa shape index (κ1) is 18.7. The van der Waals surface area contributed by atoms with E-state index < -0.39 is 24.2 Å². The van der Waals surface area contributed by atoms with Gasteiger partial charge in [-0.3, -0.25) is 19.5 Å². The van der Waals surface area contributed by atoms with E-state index >= 15 is 0 Å². The highest BCUT2D eigenvalue weighted by Crippen LogP contribution is 2.18. The molecule has 0 bridgehead atoms. The topological polar surface area (TPSA) is 121 Å². The van der Waals surface area contributed by atoms with Crippen molar-refractivity contribution in [1.82, 2.24) is 4.57 Å². The van der Waals surface area contributed by atoms with E-state index in [4.69, 9.17) is 10.4 Å². The molecule has 0 spiro atoms. The number of nitrogens with one attached hydrogen (secondary N) is 1. The third-order valence-corrected chi connectivity index (χ3v) is 3.77. The standard InChI is InChI=1S/C18H17N3O5/c1-11-7-14(8-12-3-5-13(9-19)6-4-12)16(20-18(25)26-2)17(24)21(11)10-15(22)23/h3-7H,8,10H2,1-2H3,(H,20,25)(H,22,23). The molecular weight excluding hydrogens is 338 g/mol. The maximum Gasteiger partial charge on any atom is 0.411 e. The van der Waals surface area contributed by atoms with Crippen molar-refractivity contribution in [1.29, 1.82) is 5.26 Å². The summed E-state index contributed by atoms with van der Waals surface area (Å²) in [6.45, 7) is 1.10. The largest absolute Gasteiger partial charge is 0.480 e. The van der Waals surface area contributed by atoms with E-state index in [1.165, 1.54) is 7.11 Å². The van der Waals surface area contributed by atoms with Crippen LogP contribution >= 0.6 is 0 Å². The Morgan fingerprint density at radius 3 is 2.50 bits per heavy atom. The molecule has 2 rings (SSSR count). The van der Waals surface area contributed by atoms with E-state index in [2.05, 4.69) is 10.1 Å². The number of amides is 1. The van der Waals surface area contributed by atoms with E-state index in [-0.39, 0.29) is 5.69 Å². The normalized spacial score (nSPS) is 10.0. The lowest BCUT2D eigenvalue weighted by Gasteiger charge is -2.15. The molecule has 0 aliphatic rings. The van der Waals surface area contributed by atoms with Crippen LogP contribution in [0.4, 0.5) is 10.5 Å². The molecule has 0 aliphatic heterocycles. The summed E-state index contributed by atoms with van der Waals surface area (Å²) in [7, 11) is 1.17. The lowest BCUT2D eigenvalue weighted by molar-refractivity contribution is -0.137. The monoisotopic (exact) mass is 355 g/mol. The van der Waals surface area contributed by atoms with Crippen molar-refractivity contribution in [2.45, 2.75) is 19.9 Å². The molecule has 0 aliphatic carbocycles. The van der Waals surface area contributed by atoms with Crippen molar-refractivity contribution in [2.75, 3.05) is 12.4 Å². The number of hydrogen-bond acceptors (Lipinski definition) is 5. The van der Waals surface area contributed by atoms with Gasteiger partial charge >= 0.3 is 12.1 Å².